The predicted molar refractivity (Wildman–Crippen MR) is 108 cm³/mol. The SMILES string of the molecule is Cc1ccccc1COc1ccccc1/C=N\NC(=O)c1sc(N)nc1C. The van der Waals surface area contributed by atoms with Crippen LogP contribution in [0.2, 0.25) is 0 Å². The third-order valence-electron chi connectivity index (χ3n) is 3.95. The van der Waals surface area contributed by atoms with Gasteiger partial charge >= 0.3 is 0 Å². The number of carbonyl (C=O) groups is 1. The first-order chi connectivity index (χ1) is 13.0. The molecule has 3 rings (SSSR count). The van der Waals surface area contributed by atoms with E-state index in [0.29, 0.717) is 28.1 Å². The number of amides is 1. The van der Waals surface area contributed by atoms with Crippen LogP contribution in [-0.2, 0) is 6.61 Å². The van der Waals surface area contributed by atoms with Gasteiger partial charge in [-0.3, -0.25) is 4.79 Å². The summed E-state index contributed by atoms with van der Waals surface area (Å²) in [5, 5.41) is 4.39. The third kappa shape index (κ3) is 4.71. The Labute approximate surface area is 161 Å². The van der Waals surface area contributed by atoms with Crippen molar-refractivity contribution in [2.45, 2.75) is 20.5 Å². The molecule has 6 nitrogen and oxygen atoms in total. The van der Waals surface area contributed by atoms with Crippen molar-refractivity contribution in [2.75, 3.05) is 5.73 Å². The van der Waals surface area contributed by atoms with Crippen molar-refractivity contribution in [1.82, 2.24) is 10.4 Å². The summed E-state index contributed by atoms with van der Waals surface area (Å²) in [5.74, 6) is 0.355. The van der Waals surface area contributed by atoms with E-state index in [2.05, 4.69) is 28.5 Å². The van der Waals surface area contributed by atoms with Crippen molar-refractivity contribution in [2.24, 2.45) is 5.10 Å². The van der Waals surface area contributed by atoms with Crippen LogP contribution < -0.4 is 15.9 Å². The van der Waals surface area contributed by atoms with E-state index in [0.717, 1.165) is 22.5 Å². The summed E-state index contributed by atoms with van der Waals surface area (Å²) in [6.45, 7) is 4.25. The second-order valence-corrected chi connectivity index (χ2v) is 6.95. The molecule has 7 heteroatoms. The Morgan fingerprint density at radius 3 is 2.70 bits per heavy atom. The van der Waals surface area contributed by atoms with E-state index in [1.54, 1.807) is 13.1 Å². The highest BCUT2D eigenvalue weighted by Gasteiger charge is 2.13. The molecule has 0 aliphatic heterocycles. The minimum absolute atomic E-state index is 0.337. The molecule has 0 aliphatic rings. The van der Waals surface area contributed by atoms with Crippen LogP contribution in [0.3, 0.4) is 0 Å². The molecule has 2 aromatic carbocycles. The molecule has 0 radical (unpaired) electrons. The van der Waals surface area contributed by atoms with Crippen molar-refractivity contribution in [3.8, 4) is 5.75 Å². The predicted octanol–water partition coefficient (Wildman–Crippen LogP) is 3.69. The average molecular weight is 380 g/mol. The van der Waals surface area contributed by atoms with Crippen LogP contribution in [0, 0.1) is 13.8 Å². The summed E-state index contributed by atoms with van der Waals surface area (Å²) >= 11 is 1.13. The third-order valence-corrected chi connectivity index (χ3v) is 4.94. The Kier molecular flexibility index (Phi) is 5.83. The van der Waals surface area contributed by atoms with Gasteiger partial charge in [0.05, 0.1) is 11.9 Å². The van der Waals surface area contributed by atoms with E-state index in [1.807, 2.05) is 42.5 Å². The van der Waals surface area contributed by atoms with Crippen molar-refractivity contribution < 1.29 is 9.53 Å². The number of hydrazone groups is 1. The van der Waals surface area contributed by atoms with Gasteiger partial charge in [-0.1, -0.05) is 47.7 Å². The maximum atomic E-state index is 12.2. The standard InChI is InChI=1S/C20H20N4O2S/c1-13-7-3-4-9-16(13)12-26-17-10-6-5-8-15(17)11-22-24-19(25)18-14(2)23-20(21)27-18/h3-11H,12H2,1-2H3,(H2,21,23)(H,24,25)/b22-11-. The van der Waals surface area contributed by atoms with Crippen molar-refractivity contribution in [3.63, 3.8) is 0 Å². The van der Waals surface area contributed by atoms with Crippen molar-refractivity contribution >= 4 is 28.6 Å². The number of thiazole rings is 1. The number of nitrogens with zero attached hydrogens (tertiary/aromatic N) is 2. The Morgan fingerprint density at radius 2 is 1.96 bits per heavy atom. The number of hydrogen-bond donors (Lipinski definition) is 2. The van der Waals surface area contributed by atoms with Gasteiger partial charge in [0.1, 0.15) is 17.2 Å². The molecule has 138 valence electrons. The fourth-order valence-corrected chi connectivity index (χ4v) is 3.21. The van der Waals surface area contributed by atoms with E-state index < -0.39 is 0 Å². The molecular weight excluding hydrogens is 360 g/mol. The number of hydrogen-bond acceptors (Lipinski definition) is 6. The minimum Gasteiger partial charge on any atom is -0.488 e. The largest absolute Gasteiger partial charge is 0.488 e. The summed E-state index contributed by atoms with van der Waals surface area (Å²) in [6.07, 6.45) is 1.56. The molecule has 3 aromatic rings. The van der Waals surface area contributed by atoms with E-state index in [1.165, 1.54) is 5.56 Å². The van der Waals surface area contributed by atoms with Crippen molar-refractivity contribution in [3.05, 3.63) is 75.8 Å². The van der Waals surface area contributed by atoms with E-state index in [9.17, 15) is 4.79 Å². The molecule has 0 unspecified atom stereocenters. The van der Waals surface area contributed by atoms with E-state index in [-0.39, 0.29) is 5.91 Å². The Balaban J connectivity index is 1.67. The zero-order valence-corrected chi connectivity index (χ0v) is 15.9. The van der Waals surface area contributed by atoms with Gasteiger partial charge in [-0.2, -0.15) is 5.10 Å². The number of nitrogens with two attached hydrogens (primary N) is 1. The number of para-hydroxylation sites is 1. The van der Waals surface area contributed by atoms with Crippen LogP contribution in [0.5, 0.6) is 5.75 Å². The van der Waals surface area contributed by atoms with Crippen LogP contribution in [-0.4, -0.2) is 17.1 Å². The maximum Gasteiger partial charge on any atom is 0.283 e. The molecule has 0 bridgehead atoms. The van der Waals surface area contributed by atoms with E-state index >= 15 is 0 Å². The van der Waals surface area contributed by atoms with Crippen LogP contribution >= 0.6 is 11.3 Å². The van der Waals surface area contributed by atoms with E-state index in [4.69, 9.17) is 10.5 Å². The maximum absolute atomic E-state index is 12.2. The number of benzene rings is 2. The van der Waals surface area contributed by atoms with Gasteiger partial charge in [-0.15, -0.1) is 0 Å². The molecular formula is C20H20N4O2S. The summed E-state index contributed by atoms with van der Waals surface area (Å²) in [7, 11) is 0. The fourth-order valence-electron chi connectivity index (χ4n) is 2.49. The first kappa shape index (κ1) is 18.6. The molecule has 0 fully saturated rings. The smallest absolute Gasteiger partial charge is 0.283 e. The second kappa shape index (κ2) is 8.46. The number of nitrogen functional groups attached to an aromatic ring is 1. The van der Waals surface area contributed by atoms with Crippen LogP contribution in [0.4, 0.5) is 5.13 Å². The van der Waals surface area contributed by atoms with Crippen LogP contribution in [0.1, 0.15) is 32.1 Å². The summed E-state index contributed by atoms with van der Waals surface area (Å²) < 4.78 is 5.94. The van der Waals surface area contributed by atoms with Gasteiger partial charge in [0.2, 0.25) is 0 Å². The molecule has 1 amide bonds. The van der Waals surface area contributed by atoms with Gasteiger partial charge in [0, 0.05) is 5.56 Å². The molecule has 0 saturated heterocycles. The lowest BCUT2D eigenvalue weighted by molar-refractivity contribution is 0.0958. The van der Waals surface area contributed by atoms with Crippen molar-refractivity contribution in [1.29, 1.82) is 0 Å². The molecule has 1 heterocycles. The molecule has 0 spiro atoms. The summed E-state index contributed by atoms with van der Waals surface area (Å²) in [5.41, 5.74) is 11.8. The quantitative estimate of drug-likeness (QED) is 0.504. The van der Waals surface area contributed by atoms with Crippen LogP contribution in [0.25, 0.3) is 0 Å². The number of nitrogens with one attached hydrogen (secondary N) is 1. The average Bonchev–Trinajstić information content (AvgIpc) is 3.00. The number of aromatic nitrogens is 1. The number of rotatable bonds is 6. The van der Waals surface area contributed by atoms with Gasteiger partial charge < -0.3 is 10.5 Å². The highest BCUT2D eigenvalue weighted by atomic mass is 32.1. The normalized spacial score (nSPS) is 10.9. The molecule has 0 atom stereocenters. The van der Waals surface area contributed by atoms with Gasteiger partial charge in [-0.05, 0) is 37.1 Å². The Hall–Kier alpha value is -3.19. The first-order valence-corrected chi connectivity index (χ1v) is 9.19. The summed E-state index contributed by atoms with van der Waals surface area (Å²) in [6, 6.07) is 15.6. The number of carbonyl (C=O) groups excluding carboxylic acids is 1. The fraction of sp³-hybridized carbons (Fsp3) is 0.150. The second-order valence-electron chi connectivity index (χ2n) is 5.92. The Bertz CT molecular complexity index is 982. The zero-order valence-electron chi connectivity index (χ0n) is 15.1. The number of anilines is 1. The zero-order chi connectivity index (χ0) is 19.2. The lowest BCUT2D eigenvalue weighted by Crippen LogP contribution is -2.17. The minimum atomic E-state index is -0.337. The molecule has 1 aromatic heterocycles. The first-order valence-electron chi connectivity index (χ1n) is 8.37. The highest BCUT2D eigenvalue weighted by Crippen LogP contribution is 2.20. The lowest BCUT2D eigenvalue weighted by Gasteiger charge is -2.10. The topological polar surface area (TPSA) is 89.6 Å². The molecule has 3 N–H and O–H groups in total. The molecule has 0 saturated carbocycles. The Morgan fingerprint density at radius 1 is 1.22 bits per heavy atom. The monoisotopic (exact) mass is 380 g/mol. The van der Waals surface area contributed by atoms with Gasteiger partial charge in [0.25, 0.3) is 5.91 Å². The lowest BCUT2D eigenvalue weighted by atomic mass is 10.1. The van der Waals surface area contributed by atoms with Gasteiger partial charge in [0.15, 0.2) is 5.13 Å². The molecule has 27 heavy (non-hydrogen) atoms. The van der Waals surface area contributed by atoms with Crippen LogP contribution in [0.15, 0.2) is 53.6 Å². The number of ether oxygens (including phenoxy) is 1. The summed E-state index contributed by atoms with van der Waals surface area (Å²) in [4.78, 5) is 16.6. The van der Waals surface area contributed by atoms with Gasteiger partial charge in [-0.25, -0.2) is 10.4 Å². The molecule has 0 aliphatic carbocycles. The highest BCUT2D eigenvalue weighted by molar-refractivity contribution is 7.17. The number of aryl methyl sites for hydroxylation is 2.